The van der Waals surface area contributed by atoms with Crippen molar-refractivity contribution in [1.82, 2.24) is 10.6 Å². The van der Waals surface area contributed by atoms with Crippen LogP contribution in [0.4, 0.5) is 0 Å². The summed E-state index contributed by atoms with van der Waals surface area (Å²) in [5.41, 5.74) is 4.35. The number of amides is 2. The summed E-state index contributed by atoms with van der Waals surface area (Å²) in [5.74, 6) is -0.269. The first-order valence-corrected chi connectivity index (χ1v) is 10.6. The van der Waals surface area contributed by atoms with Crippen molar-refractivity contribution in [3.8, 4) is 0 Å². The topological polar surface area (TPSA) is 58.2 Å². The molecule has 3 aromatic rings. The Balaban J connectivity index is 1.51. The summed E-state index contributed by atoms with van der Waals surface area (Å²) in [6.07, 6.45) is 0. The van der Waals surface area contributed by atoms with E-state index in [0.717, 1.165) is 11.1 Å². The minimum atomic E-state index is -0.149. The van der Waals surface area contributed by atoms with Crippen LogP contribution in [0.15, 0.2) is 72.8 Å². The van der Waals surface area contributed by atoms with Crippen LogP contribution in [0.25, 0.3) is 0 Å². The summed E-state index contributed by atoms with van der Waals surface area (Å²) in [7, 11) is 0. The lowest BCUT2D eigenvalue weighted by molar-refractivity contribution is 0.0941. The second-order valence-corrected chi connectivity index (χ2v) is 8.95. The van der Waals surface area contributed by atoms with Crippen LogP contribution in [0.1, 0.15) is 58.2 Å². The third kappa shape index (κ3) is 6.43. The molecule has 0 fully saturated rings. The Kier molecular flexibility index (Phi) is 7.13. The molecule has 3 aromatic carbocycles. The van der Waals surface area contributed by atoms with Gasteiger partial charge in [-0.3, -0.25) is 9.59 Å². The molecule has 160 valence electrons. The van der Waals surface area contributed by atoms with Gasteiger partial charge in [0.2, 0.25) is 0 Å². The molecule has 0 unspecified atom stereocenters. The first-order valence-electron chi connectivity index (χ1n) is 10.2. The SMILES string of the molecule is CC(C)(C)c1ccc(C(=O)NCc2ccc(C(=O)NCc3ccc(Cl)cc3)cc2)cc1. The predicted octanol–water partition coefficient (Wildman–Crippen LogP) is 5.50. The molecular weight excluding hydrogens is 408 g/mol. The summed E-state index contributed by atoms with van der Waals surface area (Å²) in [6, 6.07) is 22.3. The number of carbonyl (C=O) groups excluding carboxylic acids is 2. The van der Waals surface area contributed by atoms with Crippen molar-refractivity contribution in [2.75, 3.05) is 0 Å². The summed E-state index contributed by atoms with van der Waals surface area (Å²) >= 11 is 5.87. The molecule has 2 amide bonds. The molecule has 0 aliphatic rings. The third-order valence-corrected chi connectivity index (χ3v) is 5.30. The molecule has 3 rings (SSSR count). The van der Waals surface area contributed by atoms with Crippen LogP contribution in [-0.2, 0) is 18.5 Å². The Hall–Kier alpha value is -3.11. The molecule has 0 saturated carbocycles. The molecule has 0 aliphatic heterocycles. The Labute approximate surface area is 188 Å². The van der Waals surface area contributed by atoms with Gasteiger partial charge in [0, 0.05) is 29.2 Å². The van der Waals surface area contributed by atoms with Crippen LogP contribution in [0.3, 0.4) is 0 Å². The van der Waals surface area contributed by atoms with Crippen LogP contribution in [0.5, 0.6) is 0 Å². The smallest absolute Gasteiger partial charge is 0.251 e. The summed E-state index contributed by atoms with van der Waals surface area (Å²) in [5, 5.41) is 6.48. The van der Waals surface area contributed by atoms with E-state index >= 15 is 0 Å². The van der Waals surface area contributed by atoms with E-state index in [9.17, 15) is 9.59 Å². The van der Waals surface area contributed by atoms with Crippen LogP contribution < -0.4 is 10.6 Å². The van der Waals surface area contributed by atoms with Gasteiger partial charge in [0.1, 0.15) is 0 Å². The standard InChI is InChI=1S/C26H27ClN2O2/c1-26(2,3)22-12-10-21(11-13-22)25(31)28-16-18-4-8-20(9-5-18)24(30)29-17-19-6-14-23(27)15-7-19/h4-15H,16-17H2,1-3H3,(H,28,31)(H,29,30). The Morgan fingerprint density at radius 1 is 0.677 bits per heavy atom. The number of rotatable bonds is 6. The highest BCUT2D eigenvalue weighted by Crippen LogP contribution is 2.22. The number of hydrogen-bond acceptors (Lipinski definition) is 2. The maximum absolute atomic E-state index is 12.4. The first-order chi connectivity index (χ1) is 14.7. The van der Waals surface area contributed by atoms with Crippen LogP contribution >= 0.6 is 11.6 Å². The van der Waals surface area contributed by atoms with Gasteiger partial charge in [-0.25, -0.2) is 0 Å². The quantitative estimate of drug-likeness (QED) is 0.538. The summed E-state index contributed by atoms with van der Waals surface area (Å²) in [4.78, 5) is 24.7. The molecule has 0 aromatic heterocycles. The second-order valence-electron chi connectivity index (χ2n) is 8.52. The van der Waals surface area contributed by atoms with Crippen molar-refractivity contribution in [1.29, 1.82) is 0 Å². The van der Waals surface area contributed by atoms with Gasteiger partial charge in [0.15, 0.2) is 0 Å². The lowest BCUT2D eigenvalue weighted by Gasteiger charge is -2.19. The Morgan fingerprint density at radius 2 is 1.06 bits per heavy atom. The lowest BCUT2D eigenvalue weighted by atomic mass is 9.87. The van der Waals surface area contributed by atoms with Crippen molar-refractivity contribution in [2.24, 2.45) is 0 Å². The zero-order valence-corrected chi connectivity index (χ0v) is 18.8. The van der Waals surface area contributed by atoms with Gasteiger partial charge in [-0.05, 0) is 58.5 Å². The third-order valence-electron chi connectivity index (χ3n) is 5.05. The minimum absolute atomic E-state index is 0.0534. The molecule has 2 N–H and O–H groups in total. The molecule has 0 atom stereocenters. The normalized spacial score (nSPS) is 11.1. The van der Waals surface area contributed by atoms with Gasteiger partial charge in [-0.2, -0.15) is 0 Å². The molecule has 4 nitrogen and oxygen atoms in total. The van der Waals surface area contributed by atoms with Crippen molar-refractivity contribution >= 4 is 23.4 Å². The zero-order valence-electron chi connectivity index (χ0n) is 18.0. The highest BCUT2D eigenvalue weighted by Gasteiger charge is 2.14. The highest BCUT2D eigenvalue weighted by molar-refractivity contribution is 6.30. The molecular formula is C26H27ClN2O2. The van der Waals surface area contributed by atoms with E-state index in [2.05, 4.69) is 31.4 Å². The Bertz CT molecular complexity index is 1030. The van der Waals surface area contributed by atoms with Gasteiger partial charge < -0.3 is 10.6 Å². The average Bonchev–Trinajstić information content (AvgIpc) is 2.76. The molecule has 0 aliphatic carbocycles. The number of hydrogen-bond donors (Lipinski definition) is 2. The van der Waals surface area contributed by atoms with Crippen molar-refractivity contribution < 1.29 is 9.59 Å². The van der Waals surface area contributed by atoms with Gasteiger partial charge in [0.25, 0.3) is 11.8 Å². The van der Waals surface area contributed by atoms with E-state index in [1.807, 2.05) is 48.5 Å². The fourth-order valence-electron chi connectivity index (χ4n) is 3.07. The molecule has 0 radical (unpaired) electrons. The van der Waals surface area contributed by atoms with E-state index in [-0.39, 0.29) is 17.2 Å². The van der Waals surface area contributed by atoms with Gasteiger partial charge in [0.05, 0.1) is 0 Å². The maximum atomic E-state index is 12.4. The summed E-state index contributed by atoms with van der Waals surface area (Å²) in [6.45, 7) is 7.26. The Morgan fingerprint density at radius 3 is 1.48 bits per heavy atom. The van der Waals surface area contributed by atoms with Gasteiger partial charge in [-0.15, -0.1) is 0 Å². The molecule has 0 spiro atoms. The van der Waals surface area contributed by atoms with Crippen LogP contribution in [-0.4, -0.2) is 11.8 Å². The molecule has 0 saturated heterocycles. The van der Waals surface area contributed by atoms with E-state index in [0.29, 0.717) is 29.2 Å². The number of carbonyl (C=O) groups is 2. The van der Waals surface area contributed by atoms with Gasteiger partial charge >= 0.3 is 0 Å². The number of nitrogens with one attached hydrogen (secondary N) is 2. The zero-order chi connectivity index (χ0) is 22.4. The summed E-state index contributed by atoms with van der Waals surface area (Å²) < 4.78 is 0. The fourth-order valence-corrected chi connectivity index (χ4v) is 3.19. The molecule has 0 heterocycles. The van der Waals surface area contributed by atoms with Crippen LogP contribution in [0, 0.1) is 0 Å². The predicted molar refractivity (Wildman–Crippen MR) is 125 cm³/mol. The minimum Gasteiger partial charge on any atom is -0.348 e. The molecule has 0 bridgehead atoms. The average molecular weight is 435 g/mol. The van der Waals surface area contributed by atoms with Gasteiger partial charge in [-0.1, -0.05) is 68.8 Å². The molecule has 31 heavy (non-hydrogen) atoms. The van der Waals surface area contributed by atoms with Crippen molar-refractivity contribution in [2.45, 2.75) is 39.3 Å². The lowest BCUT2D eigenvalue weighted by Crippen LogP contribution is -2.24. The van der Waals surface area contributed by atoms with E-state index < -0.39 is 0 Å². The van der Waals surface area contributed by atoms with E-state index in [1.165, 1.54) is 5.56 Å². The van der Waals surface area contributed by atoms with Crippen molar-refractivity contribution in [3.05, 3.63) is 106 Å². The maximum Gasteiger partial charge on any atom is 0.251 e. The largest absolute Gasteiger partial charge is 0.348 e. The van der Waals surface area contributed by atoms with E-state index in [1.54, 1.807) is 24.3 Å². The monoisotopic (exact) mass is 434 g/mol. The van der Waals surface area contributed by atoms with Crippen molar-refractivity contribution in [3.63, 3.8) is 0 Å². The first kappa shape index (κ1) is 22.6. The fraction of sp³-hybridized carbons (Fsp3) is 0.231. The molecule has 5 heteroatoms. The number of benzene rings is 3. The van der Waals surface area contributed by atoms with Crippen LogP contribution in [0.2, 0.25) is 5.02 Å². The second kappa shape index (κ2) is 9.80. The van der Waals surface area contributed by atoms with E-state index in [4.69, 9.17) is 11.6 Å². The number of halogens is 1. The highest BCUT2D eigenvalue weighted by atomic mass is 35.5.